The van der Waals surface area contributed by atoms with Crippen LogP contribution in [0.1, 0.15) is 68.3 Å². The number of nitrogens with one attached hydrogen (secondary N) is 1. The highest BCUT2D eigenvalue weighted by Gasteiger charge is 2.14. The van der Waals surface area contributed by atoms with E-state index in [0.29, 0.717) is 36.8 Å². The van der Waals surface area contributed by atoms with Crippen LogP contribution in [0.25, 0.3) is 0 Å². The van der Waals surface area contributed by atoms with Gasteiger partial charge in [-0.2, -0.15) is 0 Å². The molecular weight excluding hydrogens is 458 g/mol. The second kappa shape index (κ2) is 14.0. The Morgan fingerprint density at radius 3 is 2.32 bits per heavy atom. The summed E-state index contributed by atoms with van der Waals surface area (Å²) in [5.74, 6) is 1.82. The monoisotopic (exact) mass is 491 g/mol. The van der Waals surface area contributed by atoms with Crippen LogP contribution in [0, 0.1) is 0 Å². The zero-order valence-electron chi connectivity index (χ0n) is 18.8. The lowest BCUT2D eigenvalue weighted by Crippen LogP contribution is -2.23. The standard InChI is InChI=1S/C25H34BrNO4/c1-4-6-8-9-15-30-22-13-11-20(26)17-21(22)25(28)27-18-19-10-12-23(24(16-19)29-3)31-14-7-5-2/h10-13,16-17H,4-9,14-15,18H2,1-3H3,(H,27,28). The van der Waals surface area contributed by atoms with Gasteiger partial charge in [-0.1, -0.05) is 61.5 Å². The van der Waals surface area contributed by atoms with Crippen LogP contribution in [0.3, 0.4) is 0 Å². The van der Waals surface area contributed by atoms with E-state index in [2.05, 4.69) is 35.1 Å². The molecule has 0 fully saturated rings. The average Bonchev–Trinajstić information content (AvgIpc) is 2.78. The van der Waals surface area contributed by atoms with Crippen molar-refractivity contribution in [3.63, 3.8) is 0 Å². The number of methoxy groups -OCH3 is 1. The van der Waals surface area contributed by atoms with E-state index in [1.165, 1.54) is 12.8 Å². The van der Waals surface area contributed by atoms with E-state index in [0.717, 1.165) is 41.5 Å². The van der Waals surface area contributed by atoms with Crippen molar-refractivity contribution in [2.75, 3.05) is 20.3 Å². The van der Waals surface area contributed by atoms with Gasteiger partial charge in [-0.25, -0.2) is 0 Å². The van der Waals surface area contributed by atoms with Crippen molar-refractivity contribution in [2.45, 2.75) is 58.9 Å². The van der Waals surface area contributed by atoms with Crippen molar-refractivity contribution in [1.82, 2.24) is 5.32 Å². The highest BCUT2D eigenvalue weighted by atomic mass is 79.9. The zero-order valence-corrected chi connectivity index (χ0v) is 20.4. The molecule has 0 saturated carbocycles. The number of rotatable bonds is 14. The second-order valence-electron chi connectivity index (χ2n) is 7.42. The predicted octanol–water partition coefficient (Wildman–Crippen LogP) is 6.53. The third-order valence-corrected chi connectivity index (χ3v) is 5.37. The molecule has 2 rings (SSSR count). The van der Waals surface area contributed by atoms with Crippen molar-refractivity contribution in [3.8, 4) is 17.2 Å². The van der Waals surface area contributed by atoms with E-state index in [4.69, 9.17) is 14.2 Å². The molecule has 31 heavy (non-hydrogen) atoms. The molecule has 0 atom stereocenters. The van der Waals surface area contributed by atoms with Crippen LogP contribution in [0.15, 0.2) is 40.9 Å². The summed E-state index contributed by atoms with van der Waals surface area (Å²) in [7, 11) is 1.62. The molecule has 170 valence electrons. The minimum Gasteiger partial charge on any atom is -0.493 e. The fourth-order valence-electron chi connectivity index (χ4n) is 3.06. The number of hydrogen-bond donors (Lipinski definition) is 1. The second-order valence-corrected chi connectivity index (χ2v) is 8.34. The maximum atomic E-state index is 12.9. The minimum atomic E-state index is -0.174. The number of ether oxygens (including phenoxy) is 3. The largest absolute Gasteiger partial charge is 0.493 e. The Morgan fingerprint density at radius 1 is 0.871 bits per heavy atom. The van der Waals surface area contributed by atoms with Crippen molar-refractivity contribution < 1.29 is 19.0 Å². The summed E-state index contributed by atoms with van der Waals surface area (Å²) in [5, 5.41) is 2.98. The molecule has 0 bridgehead atoms. The van der Waals surface area contributed by atoms with Crippen LogP contribution in [0.2, 0.25) is 0 Å². The number of benzene rings is 2. The molecule has 0 radical (unpaired) electrons. The summed E-state index contributed by atoms with van der Waals surface area (Å²) >= 11 is 3.45. The van der Waals surface area contributed by atoms with Gasteiger partial charge in [0.2, 0.25) is 0 Å². The van der Waals surface area contributed by atoms with Crippen molar-refractivity contribution in [1.29, 1.82) is 0 Å². The molecule has 0 aliphatic heterocycles. The van der Waals surface area contributed by atoms with E-state index < -0.39 is 0 Å². The van der Waals surface area contributed by atoms with E-state index in [1.54, 1.807) is 13.2 Å². The molecule has 1 N–H and O–H groups in total. The normalized spacial score (nSPS) is 10.6. The number of carbonyl (C=O) groups is 1. The van der Waals surface area contributed by atoms with Crippen LogP contribution in [-0.4, -0.2) is 26.2 Å². The Kier molecular flexibility index (Phi) is 11.3. The third kappa shape index (κ3) is 8.44. The first-order valence-electron chi connectivity index (χ1n) is 11.1. The number of amides is 1. The van der Waals surface area contributed by atoms with Gasteiger partial charge in [-0.05, 0) is 48.7 Å². The summed E-state index contributed by atoms with van der Waals surface area (Å²) in [6, 6.07) is 11.2. The smallest absolute Gasteiger partial charge is 0.255 e. The van der Waals surface area contributed by atoms with Gasteiger partial charge < -0.3 is 19.5 Å². The minimum absolute atomic E-state index is 0.174. The molecule has 0 aliphatic rings. The molecule has 2 aromatic carbocycles. The van der Waals surface area contributed by atoms with Crippen LogP contribution >= 0.6 is 15.9 Å². The summed E-state index contributed by atoms with van der Waals surface area (Å²) in [4.78, 5) is 12.9. The van der Waals surface area contributed by atoms with Gasteiger partial charge in [-0.3, -0.25) is 4.79 Å². The number of halogens is 1. The average molecular weight is 492 g/mol. The Labute approximate surface area is 194 Å². The summed E-state index contributed by atoms with van der Waals surface area (Å²) in [5.41, 5.74) is 1.46. The lowest BCUT2D eigenvalue weighted by Gasteiger charge is -2.14. The maximum absolute atomic E-state index is 12.9. The van der Waals surface area contributed by atoms with Gasteiger partial charge >= 0.3 is 0 Å². The first kappa shape index (κ1) is 25.1. The molecule has 0 spiro atoms. The molecule has 0 saturated heterocycles. The number of carbonyl (C=O) groups excluding carboxylic acids is 1. The van der Waals surface area contributed by atoms with Crippen LogP contribution in [0.4, 0.5) is 0 Å². The first-order valence-corrected chi connectivity index (χ1v) is 11.9. The summed E-state index contributed by atoms with van der Waals surface area (Å²) in [6.45, 7) is 5.96. The molecule has 0 aromatic heterocycles. The molecular formula is C25H34BrNO4. The Bertz CT molecular complexity index is 825. The topological polar surface area (TPSA) is 56.8 Å². The summed E-state index contributed by atoms with van der Waals surface area (Å²) in [6.07, 6.45) is 6.57. The Morgan fingerprint density at radius 2 is 1.58 bits per heavy atom. The van der Waals surface area contributed by atoms with Gasteiger partial charge in [-0.15, -0.1) is 0 Å². The maximum Gasteiger partial charge on any atom is 0.255 e. The highest BCUT2D eigenvalue weighted by Crippen LogP contribution is 2.28. The molecule has 0 unspecified atom stereocenters. The molecule has 2 aromatic rings. The van der Waals surface area contributed by atoms with E-state index in [9.17, 15) is 4.79 Å². The van der Waals surface area contributed by atoms with Crippen LogP contribution < -0.4 is 19.5 Å². The first-order chi connectivity index (χ1) is 15.1. The van der Waals surface area contributed by atoms with E-state index in [-0.39, 0.29) is 5.91 Å². The van der Waals surface area contributed by atoms with E-state index in [1.807, 2.05) is 30.3 Å². The lowest BCUT2D eigenvalue weighted by atomic mass is 10.1. The number of unbranched alkanes of at least 4 members (excludes halogenated alkanes) is 4. The van der Waals surface area contributed by atoms with Crippen molar-refractivity contribution >= 4 is 21.8 Å². The fraction of sp³-hybridized carbons (Fsp3) is 0.480. The van der Waals surface area contributed by atoms with E-state index >= 15 is 0 Å². The third-order valence-electron chi connectivity index (χ3n) is 4.88. The van der Waals surface area contributed by atoms with Crippen molar-refractivity contribution in [3.05, 3.63) is 52.0 Å². The quantitative estimate of drug-likeness (QED) is 0.305. The molecule has 0 aliphatic carbocycles. The molecule has 0 heterocycles. The molecule has 5 nitrogen and oxygen atoms in total. The fourth-order valence-corrected chi connectivity index (χ4v) is 3.42. The Hall–Kier alpha value is -2.21. The van der Waals surface area contributed by atoms with Crippen molar-refractivity contribution in [2.24, 2.45) is 0 Å². The molecule has 1 amide bonds. The van der Waals surface area contributed by atoms with Gasteiger partial charge in [0.05, 0.1) is 25.9 Å². The summed E-state index contributed by atoms with van der Waals surface area (Å²) < 4.78 is 18.0. The predicted molar refractivity (Wildman–Crippen MR) is 128 cm³/mol. The Balaban J connectivity index is 1.99. The number of hydrogen-bond acceptors (Lipinski definition) is 4. The highest BCUT2D eigenvalue weighted by molar-refractivity contribution is 9.10. The SMILES string of the molecule is CCCCCCOc1ccc(Br)cc1C(=O)NCc1ccc(OCCCC)c(OC)c1. The zero-order chi connectivity index (χ0) is 22.5. The molecule has 6 heteroatoms. The van der Waals surface area contributed by atoms with Gasteiger partial charge in [0, 0.05) is 11.0 Å². The van der Waals surface area contributed by atoms with Crippen LogP contribution in [-0.2, 0) is 6.54 Å². The van der Waals surface area contributed by atoms with Gasteiger partial charge in [0.25, 0.3) is 5.91 Å². The lowest BCUT2D eigenvalue weighted by molar-refractivity contribution is 0.0946. The van der Waals surface area contributed by atoms with Crippen LogP contribution in [0.5, 0.6) is 17.2 Å². The van der Waals surface area contributed by atoms with Gasteiger partial charge in [0.15, 0.2) is 11.5 Å². The van der Waals surface area contributed by atoms with Gasteiger partial charge in [0.1, 0.15) is 5.75 Å².